The summed E-state index contributed by atoms with van der Waals surface area (Å²) < 4.78 is 0. The lowest BCUT2D eigenvalue weighted by atomic mass is 10.1. The fraction of sp³-hybridized carbons (Fsp3) is 0.188. The molecular weight excluding hydrogens is 304 g/mol. The number of aryl methyl sites for hydroxylation is 1. The summed E-state index contributed by atoms with van der Waals surface area (Å²) in [5.41, 5.74) is 8.36. The van der Waals surface area contributed by atoms with E-state index < -0.39 is 0 Å². The number of nitrogens with two attached hydrogens (primary N) is 1. The first-order chi connectivity index (χ1) is 10.1. The fourth-order valence-corrected chi connectivity index (χ4v) is 2.80. The summed E-state index contributed by atoms with van der Waals surface area (Å²) in [6.45, 7) is 2.66. The minimum absolute atomic E-state index is 0.273. The predicted octanol–water partition coefficient (Wildman–Crippen LogP) is 3.84. The molecule has 0 radical (unpaired) electrons. The summed E-state index contributed by atoms with van der Waals surface area (Å²) in [4.78, 5) is 11.9. The van der Waals surface area contributed by atoms with Crippen LogP contribution in [-0.2, 0) is 11.3 Å². The maximum absolute atomic E-state index is 10.9. The van der Waals surface area contributed by atoms with E-state index in [1.165, 1.54) is 11.8 Å². The normalized spacial score (nSPS) is 10.4. The van der Waals surface area contributed by atoms with E-state index in [1.807, 2.05) is 49.4 Å². The third-order valence-corrected chi connectivity index (χ3v) is 4.48. The number of halogens is 1. The van der Waals surface area contributed by atoms with Gasteiger partial charge in [-0.05, 0) is 36.2 Å². The minimum Gasteiger partial charge on any atom is -0.380 e. The molecule has 3 nitrogen and oxygen atoms in total. The van der Waals surface area contributed by atoms with Crippen LogP contribution in [0.2, 0.25) is 5.02 Å². The number of para-hydroxylation sites is 1. The molecule has 0 aliphatic carbocycles. The lowest BCUT2D eigenvalue weighted by Gasteiger charge is -2.12. The smallest absolute Gasteiger partial charge is 0.227 e. The number of carbonyl (C=O) groups excluding carboxylic acids is 1. The van der Waals surface area contributed by atoms with Crippen LogP contribution in [0.15, 0.2) is 47.4 Å². The molecule has 0 heterocycles. The van der Waals surface area contributed by atoms with Crippen molar-refractivity contribution in [1.29, 1.82) is 0 Å². The Labute approximate surface area is 133 Å². The Hall–Kier alpha value is -1.65. The van der Waals surface area contributed by atoms with Gasteiger partial charge >= 0.3 is 0 Å². The highest BCUT2D eigenvalue weighted by molar-refractivity contribution is 8.00. The molecule has 21 heavy (non-hydrogen) atoms. The van der Waals surface area contributed by atoms with Gasteiger partial charge in [0.1, 0.15) is 0 Å². The van der Waals surface area contributed by atoms with E-state index in [-0.39, 0.29) is 11.7 Å². The fourth-order valence-electron chi connectivity index (χ4n) is 1.83. The number of nitrogens with one attached hydrogen (secondary N) is 1. The zero-order valence-electron chi connectivity index (χ0n) is 11.7. The zero-order valence-corrected chi connectivity index (χ0v) is 13.3. The maximum Gasteiger partial charge on any atom is 0.227 e. The highest BCUT2D eigenvalue weighted by atomic mass is 35.5. The molecule has 2 aromatic rings. The van der Waals surface area contributed by atoms with Crippen LogP contribution >= 0.6 is 23.4 Å². The molecule has 0 atom stereocenters. The molecule has 0 aromatic heterocycles. The van der Waals surface area contributed by atoms with Gasteiger partial charge in [-0.15, -0.1) is 11.8 Å². The second kappa shape index (κ2) is 7.38. The van der Waals surface area contributed by atoms with Crippen LogP contribution in [0.5, 0.6) is 0 Å². The van der Waals surface area contributed by atoms with Crippen LogP contribution in [0, 0.1) is 6.92 Å². The Kier molecular flexibility index (Phi) is 5.53. The quantitative estimate of drug-likeness (QED) is 0.795. The number of amides is 1. The molecule has 110 valence electrons. The number of thioether (sulfide) groups is 1. The van der Waals surface area contributed by atoms with Crippen molar-refractivity contribution >= 4 is 35.0 Å². The van der Waals surface area contributed by atoms with Crippen LogP contribution in [-0.4, -0.2) is 11.7 Å². The molecule has 5 heteroatoms. The van der Waals surface area contributed by atoms with E-state index in [0.29, 0.717) is 6.54 Å². The van der Waals surface area contributed by atoms with Crippen LogP contribution < -0.4 is 11.1 Å². The molecule has 1 amide bonds. The third-order valence-electron chi connectivity index (χ3n) is 2.98. The van der Waals surface area contributed by atoms with Gasteiger partial charge in [-0.2, -0.15) is 0 Å². The Bertz CT molecular complexity index is 646. The van der Waals surface area contributed by atoms with Gasteiger partial charge in [-0.1, -0.05) is 35.9 Å². The number of hydrogen-bond donors (Lipinski definition) is 2. The molecule has 0 bridgehead atoms. The lowest BCUT2D eigenvalue weighted by Crippen LogP contribution is -2.13. The number of rotatable bonds is 6. The van der Waals surface area contributed by atoms with Crippen LogP contribution in [0.1, 0.15) is 11.1 Å². The summed E-state index contributed by atoms with van der Waals surface area (Å²) in [7, 11) is 0. The first kappa shape index (κ1) is 15.7. The van der Waals surface area contributed by atoms with Crippen molar-refractivity contribution in [3.05, 3.63) is 58.6 Å². The molecule has 3 N–H and O–H groups in total. The summed E-state index contributed by atoms with van der Waals surface area (Å²) in [5, 5.41) is 4.14. The van der Waals surface area contributed by atoms with E-state index in [2.05, 4.69) is 5.32 Å². The average Bonchev–Trinajstić information content (AvgIpc) is 2.47. The van der Waals surface area contributed by atoms with Crippen LogP contribution in [0.4, 0.5) is 5.69 Å². The molecule has 0 saturated heterocycles. The molecule has 0 unspecified atom stereocenters. The van der Waals surface area contributed by atoms with Crippen molar-refractivity contribution in [1.82, 2.24) is 0 Å². The molecule has 0 saturated carbocycles. The topological polar surface area (TPSA) is 55.1 Å². The van der Waals surface area contributed by atoms with Crippen LogP contribution in [0.25, 0.3) is 0 Å². The van der Waals surface area contributed by atoms with Gasteiger partial charge in [-0.3, -0.25) is 4.79 Å². The molecule has 2 rings (SSSR count). The second-order valence-electron chi connectivity index (χ2n) is 4.69. The zero-order chi connectivity index (χ0) is 15.2. The van der Waals surface area contributed by atoms with Gasteiger partial charge in [0.05, 0.1) is 5.75 Å². The Morgan fingerprint density at radius 2 is 2.05 bits per heavy atom. The summed E-state index contributed by atoms with van der Waals surface area (Å²) in [6.07, 6.45) is 0. The van der Waals surface area contributed by atoms with E-state index in [4.69, 9.17) is 17.3 Å². The van der Waals surface area contributed by atoms with Gasteiger partial charge in [0.2, 0.25) is 5.91 Å². The number of primary amides is 1. The molecule has 0 fully saturated rings. The number of hydrogen-bond acceptors (Lipinski definition) is 3. The Balaban J connectivity index is 2.05. The standard InChI is InChI=1S/C16H17ClN2OS/c1-11-6-7-12(8-13(11)17)9-19-14-4-2-3-5-15(14)21-10-16(18)20/h2-8,19H,9-10H2,1H3,(H2,18,20). The van der Waals surface area contributed by atoms with Gasteiger partial charge in [0.25, 0.3) is 0 Å². The molecule has 2 aromatic carbocycles. The van der Waals surface area contributed by atoms with Gasteiger partial charge in [0, 0.05) is 22.2 Å². The Morgan fingerprint density at radius 1 is 1.29 bits per heavy atom. The van der Waals surface area contributed by atoms with Crippen molar-refractivity contribution in [2.24, 2.45) is 5.73 Å². The van der Waals surface area contributed by atoms with Crippen molar-refractivity contribution < 1.29 is 4.79 Å². The maximum atomic E-state index is 10.9. The lowest BCUT2D eigenvalue weighted by molar-refractivity contribution is -0.115. The molecule has 0 aliphatic rings. The van der Waals surface area contributed by atoms with Gasteiger partial charge < -0.3 is 11.1 Å². The summed E-state index contributed by atoms with van der Waals surface area (Å²) in [5.74, 6) is -0.0465. The molecule has 0 aliphatic heterocycles. The first-order valence-electron chi connectivity index (χ1n) is 6.55. The largest absolute Gasteiger partial charge is 0.380 e. The second-order valence-corrected chi connectivity index (χ2v) is 6.11. The minimum atomic E-state index is -0.319. The SMILES string of the molecule is Cc1ccc(CNc2ccccc2SCC(N)=O)cc1Cl. The van der Waals surface area contributed by atoms with Crippen LogP contribution in [0.3, 0.4) is 0 Å². The number of anilines is 1. The number of carbonyl (C=O) groups is 1. The van der Waals surface area contributed by atoms with E-state index in [0.717, 1.165) is 26.7 Å². The summed E-state index contributed by atoms with van der Waals surface area (Å²) in [6, 6.07) is 13.9. The highest BCUT2D eigenvalue weighted by Gasteiger charge is 2.05. The monoisotopic (exact) mass is 320 g/mol. The average molecular weight is 321 g/mol. The first-order valence-corrected chi connectivity index (χ1v) is 7.91. The van der Waals surface area contributed by atoms with Gasteiger partial charge in [0.15, 0.2) is 0 Å². The third kappa shape index (κ3) is 4.69. The van der Waals surface area contributed by atoms with Crippen molar-refractivity contribution in [3.63, 3.8) is 0 Å². The van der Waals surface area contributed by atoms with E-state index in [9.17, 15) is 4.79 Å². The van der Waals surface area contributed by atoms with Gasteiger partial charge in [-0.25, -0.2) is 0 Å². The summed E-state index contributed by atoms with van der Waals surface area (Å²) >= 11 is 7.56. The highest BCUT2D eigenvalue weighted by Crippen LogP contribution is 2.27. The van der Waals surface area contributed by atoms with Crippen molar-refractivity contribution in [3.8, 4) is 0 Å². The number of benzene rings is 2. The van der Waals surface area contributed by atoms with E-state index >= 15 is 0 Å². The predicted molar refractivity (Wildman–Crippen MR) is 89.9 cm³/mol. The molecular formula is C16H17ClN2OS. The Morgan fingerprint density at radius 3 is 2.76 bits per heavy atom. The van der Waals surface area contributed by atoms with Crippen molar-refractivity contribution in [2.75, 3.05) is 11.1 Å². The van der Waals surface area contributed by atoms with Crippen molar-refractivity contribution in [2.45, 2.75) is 18.4 Å². The molecule has 0 spiro atoms. The van der Waals surface area contributed by atoms with E-state index in [1.54, 1.807) is 0 Å².